The summed E-state index contributed by atoms with van der Waals surface area (Å²) >= 11 is 5.81. The Morgan fingerprint density at radius 3 is 2.69 bits per heavy atom. The van der Waals surface area contributed by atoms with Gasteiger partial charge in [0, 0.05) is 17.1 Å². The molecule has 84 valence electrons. The standard InChI is InChI=1S/C12H13ClN2O/c1-9-12(8-14,6-7-16-9)15-11-4-2-10(13)3-5-11/h2-5,9,15H,6-7H2,1H3. The van der Waals surface area contributed by atoms with Crippen molar-refractivity contribution in [2.45, 2.75) is 25.0 Å². The van der Waals surface area contributed by atoms with Crippen LogP contribution in [0.5, 0.6) is 0 Å². The van der Waals surface area contributed by atoms with E-state index in [1.54, 1.807) is 12.1 Å². The lowest BCUT2D eigenvalue weighted by Crippen LogP contribution is -2.42. The number of nitriles is 1. The molecular formula is C12H13ClN2O. The Morgan fingerprint density at radius 1 is 1.50 bits per heavy atom. The van der Waals surface area contributed by atoms with Gasteiger partial charge in [-0.05, 0) is 31.2 Å². The van der Waals surface area contributed by atoms with Crippen LogP contribution in [0.15, 0.2) is 24.3 Å². The number of benzene rings is 1. The van der Waals surface area contributed by atoms with Gasteiger partial charge in [0.1, 0.15) is 0 Å². The van der Waals surface area contributed by atoms with Gasteiger partial charge in [-0.15, -0.1) is 0 Å². The smallest absolute Gasteiger partial charge is 0.153 e. The molecule has 16 heavy (non-hydrogen) atoms. The van der Waals surface area contributed by atoms with E-state index in [0.717, 1.165) is 5.69 Å². The molecule has 1 heterocycles. The van der Waals surface area contributed by atoms with E-state index in [4.69, 9.17) is 16.3 Å². The number of hydrogen-bond acceptors (Lipinski definition) is 3. The van der Waals surface area contributed by atoms with Gasteiger partial charge in [0.15, 0.2) is 5.54 Å². The fraction of sp³-hybridized carbons (Fsp3) is 0.417. The van der Waals surface area contributed by atoms with Crippen LogP contribution < -0.4 is 5.32 Å². The van der Waals surface area contributed by atoms with E-state index in [1.165, 1.54) is 0 Å². The lowest BCUT2D eigenvalue weighted by molar-refractivity contribution is 0.112. The molecule has 1 aliphatic heterocycles. The number of anilines is 1. The fourth-order valence-corrected chi connectivity index (χ4v) is 2.00. The van der Waals surface area contributed by atoms with Gasteiger partial charge in [-0.1, -0.05) is 11.6 Å². The van der Waals surface area contributed by atoms with E-state index in [-0.39, 0.29) is 6.10 Å². The van der Waals surface area contributed by atoms with E-state index in [1.807, 2.05) is 19.1 Å². The summed E-state index contributed by atoms with van der Waals surface area (Å²) in [5, 5.41) is 13.2. The second-order valence-electron chi connectivity index (χ2n) is 3.98. The molecule has 0 radical (unpaired) electrons. The summed E-state index contributed by atoms with van der Waals surface area (Å²) < 4.78 is 5.44. The van der Waals surface area contributed by atoms with Crippen LogP contribution in [0.4, 0.5) is 5.69 Å². The van der Waals surface area contributed by atoms with Crippen LogP contribution in [0.1, 0.15) is 13.3 Å². The first-order chi connectivity index (χ1) is 7.66. The van der Waals surface area contributed by atoms with Crippen molar-refractivity contribution in [1.82, 2.24) is 0 Å². The van der Waals surface area contributed by atoms with Crippen LogP contribution in [0, 0.1) is 11.3 Å². The van der Waals surface area contributed by atoms with Crippen molar-refractivity contribution in [2.24, 2.45) is 0 Å². The molecule has 0 amide bonds. The van der Waals surface area contributed by atoms with Gasteiger partial charge in [-0.2, -0.15) is 5.26 Å². The van der Waals surface area contributed by atoms with Crippen LogP contribution in [-0.4, -0.2) is 18.2 Å². The largest absolute Gasteiger partial charge is 0.375 e. The highest BCUT2D eigenvalue weighted by molar-refractivity contribution is 6.30. The molecule has 0 bridgehead atoms. The van der Waals surface area contributed by atoms with Crippen molar-refractivity contribution < 1.29 is 4.74 Å². The number of rotatable bonds is 2. The summed E-state index contributed by atoms with van der Waals surface area (Å²) in [4.78, 5) is 0. The first-order valence-corrected chi connectivity index (χ1v) is 5.61. The number of nitrogens with one attached hydrogen (secondary N) is 1. The van der Waals surface area contributed by atoms with Gasteiger partial charge in [0.2, 0.25) is 0 Å². The summed E-state index contributed by atoms with van der Waals surface area (Å²) in [5.74, 6) is 0. The van der Waals surface area contributed by atoms with Crippen molar-refractivity contribution in [3.63, 3.8) is 0 Å². The molecule has 1 saturated heterocycles. The maximum absolute atomic E-state index is 9.28. The molecule has 4 heteroatoms. The molecule has 0 saturated carbocycles. The van der Waals surface area contributed by atoms with Gasteiger partial charge >= 0.3 is 0 Å². The molecule has 1 fully saturated rings. The van der Waals surface area contributed by atoms with Crippen molar-refractivity contribution in [3.8, 4) is 6.07 Å². The second-order valence-corrected chi connectivity index (χ2v) is 4.41. The lowest BCUT2D eigenvalue weighted by Gasteiger charge is -2.26. The van der Waals surface area contributed by atoms with Gasteiger partial charge < -0.3 is 10.1 Å². The van der Waals surface area contributed by atoms with Crippen LogP contribution in [-0.2, 0) is 4.74 Å². The van der Waals surface area contributed by atoms with E-state index in [9.17, 15) is 5.26 Å². The van der Waals surface area contributed by atoms with Gasteiger partial charge in [-0.25, -0.2) is 0 Å². The molecular weight excluding hydrogens is 224 g/mol. The summed E-state index contributed by atoms with van der Waals surface area (Å²) in [6.07, 6.45) is 0.598. The lowest BCUT2D eigenvalue weighted by atomic mass is 9.93. The normalized spacial score (nSPS) is 28.7. The Labute approximate surface area is 100.0 Å². The predicted octanol–water partition coefficient (Wildman–Crippen LogP) is 2.82. The van der Waals surface area contributed by atoms with E-state index in [2.05, 4.69) is 11.4 Å². The molecule has 1 aromatic carbocycles. The fourth-order valence-electron chi connectivity index (χ4n) is 1.87. The predicted molar refractivity (Wildman–Crippen MR) is 63.4 cm³/mol. The molecule has 0 aliphatic carbocycles. The SMILES string of the molecule is CC1OCCC1(C#N)Nc1ccc(Cl)cc1. The minimum Gasteiger partial charge on any atom is -0.375 e. The maximum Gasteiger partial charge on any atom is 0.153 e. The average Bonchev–Trinajstić information content (AvgIpc) is 2.64. The van der Waals surface area contributed by atoms with Gasteiger partial charge in [-0.3, -0.25) is 0 Å². The average molecular weight is 237 g/mol. The van der Waals surface area contributed by atoms with E-state index in [0.29, 0.717) is 18.1 Å². The third-order valence-corrected chi connectivity index (χ3v) is 3.22. The van der Waals surface area contributed by atoms with Crippen molar-refractivity contribution >= 4 is 17.3 Å². The summed E-state index contributed by atoms with van der Waals surface area (Å²) in [5.41, 5.74) is 0.275. The van der Waals surface area contributed by atoms with Crippen LogP contribution in [0.3, 0.4) is 0 Å². The highest BCUT2D eigenvalue weighted by Gasteiger charge is 2.41. The Bertz CT molecular complexity index is 412. The third-order valence-electron chi connectivity index (χ3n) is 2.97. The molecule has 1 aromatic rings. The minimum absolute atomic E-state index is 0.104. The van der Waals surface area contributed by atoms with Crippen LogP contribution in [0.2, 0.25) is 5.02 Å². The topological polar surface area (TPSA) is 45.0 Å². The first-order valence-electron chi connectivity index (χ1n) is 5.23. The summed E-state index contributed by atoms with van der Waals surface area (Å²) in [6, 6.07) is 9.66. The molecule has 0 spiro atoms. The molecule has 2 atom stereocenters. The number of nitrogens with zero attached hydrogens (tertiary/aromatic N) is 1. The number of hydrogen-bond donors (Lipinski definition) is 1. The van der Waals surface area contributed by atoms with Crippen LogP contribution >= 0.6 is 11.6 Å². The highest BCUT2D eigenvalue weighted by Crippen LogP contribution is 2.29. The maximum atomic E-state index is 9.28. The zero-order chi connectivity index (χ0) is 11.6. The van der Waals surface area contributed by atoms with Gasteiger partial charge in [0.25, 0.3) is 0 Å². The van der Waals surface area contributed by atoms with Crippen molar-refractivity contribution in [2.75, 3.05) is 11.9 Å². The number of halogens is 1. The molecule has 1 N–H and O–H groups in total. The van der Waals surface area contributed by atoms with Crippen molar-refractivity contribution in [3.05, 3.63) is 29.3 Å². The Morgan fingerprint density at radius 2 is 2.19 bits per heavy atom. The molecule has 3 nitrogen and oxygen atoms in total. The first kappa shape index (κ1) is 11.3. The summed E-state index contributed by atoms with van der Waals surface area (Å²) in [6.45, 7) is 2.54. The Kier molecular flexibility index (Phi) is 3.04. The quantitative estimate of drug-likeness (QED) is 0.859. The Balaban J connectivity index is 2.19. The molecule has 2 unspecified atom stereocenters. The van der Waals surface area contributed by atoms with Crippen molar-refractivity contribution in [1.29, 1.82) is 5.26 Å². The molecule has 1 aliphatic rings. The monoisotopic (exact) mass is 236 g/mol. The Hall–Kier alpha value is -1.24. The van der Waals surface area contributed by atoms with Gasteiger partial charge in [0.05, 0.1) is 18.8 Å². The van der Waals surface area contributed by atoms with E-state index < -0.39 is 5.54 Å². The highest BCUT2D eigenvalue weighted by atomic mass is 35.5. The number of ether oxygens (including phenoxy) is 1. The zero-order valence-electron chi connectivity index (χ0n) is 9.03. The zero-order valence-corrected chi connectivity index (χ0v) is 9.79. The summed E-state index contributed by atoms with van der Waals surface area (Å²) in [7, 11) is 0. The third kappa shape index (κ3) is 1.99. The molecule has 2 rings (SSSR count). The van der Waals surface area contributed by atoms with Crippen LogP contribution in [0.25, 0.3) is 0 Å². The minimum atomic E-state index is -0.617. The second kappa shape index (κ2) is 4.32. The molecule has 0 aromatic heterocycles. The van der Waals surface area contributed by atoms with E-state index >= 15 is 0 Å².